The van der Waals surface area contributed by atoms with E-state index in [0.29, 0.717) is 0 Å². The summed E-state index contributed by atoms with van der Waals surface area (Å²) in [4.78, 5) is 15.9. The Morgan fingerprint density at radius 1 is 1.44 bits per heavy atom. The van der Waals surface area contributed by atoms with Crippen LogP contribution in [0.1, 0.15) is 27.7 Å². The van der Waals surface area contributed by atoms with Gasteiger partial charge < -0.3 is 10.1 Å². The van der Waals surface area contributed by atoms with E-state index in [-0.39, 0.29) is 11.7 Å². The second kappa shape index (κ2) is 6.64. The Morgan fingerprint density at radius 2 is 2.17 bits per heavy atom. The zero-order valence-electron chi connectivity index (χ0n) is 11.3. The standard InChI is InChI=1S/C13H20N2O2S/c1-5-14-10-7-6-8-11(15-10)18-9-12(16)17-13(2,3)4/h6-8H,5,9H2,1-4H3,(H,14,15). The molecule has 1 aromatic rings. The van der Waals surface area contributed by atoms with Gasteiger partial charge in [-0.2, -0.15) is 0 Å². The molecule has 0 aromatic carbocycles. The summed E-state index contributed by atoms with van der Waals surface area (Å²) in [5.41, 5.74) is -0.434. The number of anilines is 1. The van der Waals surface area contributed by atoms with Gasteiger partial charge in [0.05, 0.1) is 10.8 Å². The van der Waals surface area contributed by atoms with Crippen LogP contribution in [0.25, 0.3) is 0 Å². The molecule has 100 valence electrons. The molecule has 0 unspecified atom stereocenters. The van der Waals surface area contributed by atoms with Crippen LogP contribution < -0.4 is 5.32 Å². The Hall–Kier alpha value is -1.23. The molecule has 0 spiro atoms. The van der Waals surface area contributed by atoms with Crippen molar-refractivity contribution in [3.63, 3.8) is 0 Å². The van der Waals surface area contributed by atoms with Crippen molar-refractivity contribution in [2.75, 3.05) is 17.6 Å². The number of carbonyl (C=O) groups is 1. The lowest BCUT2D eigenvalue weighted by Gasteiger charge is -2.19. The first-order chi connectivity index (χ1) is 8.40. The van der Waals surface area contributed by atoms with Crippen molar-refractivity contribution in [2.24, 2.45) is 0 Å². The summed E-state index contributed by atoms with van der Waals surface area (Å²) in [5.74, 6) is 0.884. The van der Waals surface area contributed by atoms with Gasteiger partial charge in [0.15, 0.2) is 0 Å². The molecule has 1 rings (SSSR count). The average Bonchev–Trinajstić information content (AvgIpc) is 2.25. The number of hydrogen-bond acceptors (Lipinski definition) is 5. The van der Waals surface area contributed by atoms with Gasteiger partial charge in [0.1, 0.15) is 11.4 Å². The number of rotatable bonds is 5. The van der Waals surface area contributed by atoms with E-state index in [1.54, 1.807) is 0 Å². The molecule has 0 aliphatic rings. The highest BCUT2D eigenvalue weighted by molar-refractivity contribution is 7.99. The molecule has 0 radical (unpaired) electrons. The van der Waals surface area contributed by atoms with Crippen LogP contribution in [-0.2, 0) is 9.53 Å². The normalized spacial score (nSPS) is 11.1. The average molecular weight is 268 g/mol. The van der Waals surface area contributed by atoms with Crippen LogP contribution in [-0.4, -0.2) is 28.9 Å². The number of carbonyl (C=O) groups excluding carboxylic acids is 1. The number of aromatic nitrogens is 1. The fraction of sp³-hybridized carbons (Fsp3) is 0.538. The maximum absolute atomic E-state index is 11.6. The van der Waals surface area contributed by atoms with E-state index in [1.165, 1.54) is 11.8 Å². The molecule has 0 fully saturated rings. The molecule has 18 heavy (non-hydrogen) atoms. The van der Waals surface area contributed by atoms with Crippen molar-refractivity contribution in [3.8, 4) is 0 Å². The van der Waals surface area contributed by atoms with Gasteiger partial charge in [0.25, 0.3) is 0 Å². The highest BCUT2D eigenvalue weighted by Gasteiger charge is 2.16. The molecule has 4 nitrogen and oxygen atoms in total. The van der Waals surface area contributed by atoms with Gasteiger partial charge >= 0.3 is 5.97 Å². The quantitative estimate of drug-likeness (QED) is 0.657. The van der Waals surface area contributed by atoms with Gasteiger partial charge in [0, 0.05) is 6.54 Å². The minimum atomic E-state index is -0.434. The fourth-order valence-electron chi connectivity index (χ4n) is 1.28. The van der Waals surface area contributed by atoms with E-state index >= 15 is 0 Å². The molecule has 0 bridgehead atoms. The van der Waals surface area contributed by atoms with Crippen LogP contribution in [0.3, 0.4) is 0 Å². The molecule has 0 amide bonds. The number of ether oxygens (including phenoxy) is 1. The summed E-state index contributed by atoms with van der Waals surface area (Å²) < 4.78 is 5.23. The maximum Gasteiger partial charge on any atom is 0.316 e. The van der Waals surface area contributed by atoms with Gasteiger partial charge in [0.2, 0.25) is 0 Å². The van der Waals surface area contributed by atoms with Crippen molar-refractivity contribution in [1.82, 2.24) is 4.98 Å². The molecule has 0 aliphatic heterocycles. The van der Waals surface area contributed by atoms with Crippen LogP contribution in [0.2, 0.25) is 0 Å². The predicted octanol–water partition coefficient (Wildman–Crippen LogP) is 2.95. The highest BCUT2D eigenvalue weighted by Crippen LogP contribution is 2.18. The first-order valence-electron chi connectivity index (χ1n) is 5.96. The maximum atomic E-state index is 11.6. The number of thioether (sulfide) groups is 1. The first-order valence-corrected chi connectivity index (χ1v) is 6.95. The van der Waals surface area contributed by atoms with E-state index in [2.05, 4.69) is 10.3 Å². The number of nitrogens with zero attached hydrogens (tertiary/aromatic N) is 1. The van der Waals surface area contributed by atoms with Gasteiger partial charge in [-0.1, -0.05) is 17.8 Å². The third-order valence-corrected chi connectivity index (χ3v) is 2.74. The van der Waals surface area contributed by atoms with Gasteiger partial charge in [-0.3, -0.25) is 4.79 Å². The molecule has 1 N–H and O–H groups in total. The lowest BCUT2D eigenvalue weighted by Crippen LogP contribution is -2.24. The molecule has 0 saturated carbocycles. The molecule has 1 aromatic heterocycles. The summed E-state index contributed by atoms with van der Waals surface area (Å²) in [6.45, 7) is 8.42. The SMILES string of the molecule is CCNc1cccc(SCC(=O)OC(C)(C)C)n1. The van der Waals surface area contributed by atoms with Crippen molar-refractivity contribution in [3.05, 3.63) is 18.2 Å². The number of nitrogens with one attached hydrogen (secondary N) is 1. The van der Waals surface area contributed by atoms with Crippen molar-refractivity contribution >= 4 is 23.5 Å². The van der Waals surface area contributed by atoms with Crippen molar-refractivity contribution < 1.29 is 9.53 Å². The second-order valence-corrected chi connectivity index (χ2v) is 5.76. The molecule has 5 heteroatoms. The lowest BCUT2D eigenvalue weighted by atomic mass is 10.2. The van der Waals surface area contributed by atoms with E-state index in [9.17, 15) is 4.79 Å². The smallest absolute Gasteiger partial charge is 0.316 e. The third-order valence-electron chi connectivity index (χ3n) is 1.84. The molecular formula is C13H20N2O2S. The molecule has 1 heterocycles. The Morgan fingerprint density at radius 3 is 2.78 bits per heavy atom. The zero-order valence-corrected chi connectivity index (χ0v) is 12.1. The highest BCUT2D eigenvalue weighted by atomic mass is 32.2. The Balaban J connectivity index is 2.48. The van der Waals surface area contributed by atoms with E-state index in [0.717, 1.165) is 17.4 Å². The third kappa shape index (κ3) is 5.91. The van der Waals surface area contributed by atoms with Crippen LogP contribution in [0.15, 0.2) is 23.2 Å². The molecule has 0 saturated heterocycles. The predicted molar refractivity (Wildman–Crippen MR) is 75.0 cm³/mol. The topological polar surface area (TPSA) is 51.2 Å². The number of hydrogen-bond donors (Lipinski definition) is 1. The van der Waals surface area contributed by atoms with E-state index < -0.39 is 5.60 Å². The minimum Gasteiger partial charge on any atom is -0.459 e. The van der Waals surface area contributed by atoms with Crippen LogP contribution in [0.4, 0.5) is 5.82 Å². The van der Waals surface area contributed by atoms with Gasteiger partial charge in [-0.25, -0.2) is 4.98 Å². The summed E-state index contributed by atoms with van der Waals surface area (Å²) in [5, 5.41) is 3.95. The Kier molecular flexibility index (Phi) is 5.47. The summed E-state index contributed by atoms with van der Waals surface area (Å²) >= 11 is 1.38. The van der Waals surface area contributed by atoms with Crippen LogP contribution in [0.5, 0.6) is 0 Å². The van der Waals surface area contributed by atoms with Crippen molar-refractivity contribution in [1.29, 1.82) is 0 Å². The van der Waals surface area contributed by atoms with Gasteiger partial charge in [-0.15, -0.1) is 0 Å². The minimum absolute atomic E-state index is 0.219. The number of pyridine rings is 1. The zero-order chi connectivity index (χ0) is 13.6. The largest absolute Gasteiger partial charge is 0.459 e. The molecule has 0 atom stereocenters. The van der Waals surface area contributed by atoms with Crippen LogP contribution in [0, 0.1) is 0 Å². The Bertz CT molecular complexity index is 402. The van der Waals surface area contributed by atoms with Crippen molar-refractivity contribution in [2.45, 2.75) is 38.3 Å². The summed E-state index contributed by atoms with van der Waals surface area (Å²) in [6.07, 6.45) is 0. The fourth-order valence-corrected chi connectivity index (χ4v) is 1.94. The monoisotopic (exact) mass is 268 g/mol. The number of esters is 1. The van der Waals surface area contributed by atoms with E-state index in [4.69, 9.17) is 4.74 Å². The van der Waals surface area contributed by atoms with E-state index in [1.807, 2.05) is 45.9 Å². The Labute approximate surface area is 113 Å². The van der Waals surface area contributed by atoms with Gasteiger partial charge in [-0.05, 0) is 39.8 Å². The van der Waals surface area contributed by atoms with Crippen LogP contribution >= 0.6 is 11.8 Å². The molecular weight excluding hydrogens is 248 g/mol. The summed E-state index contributed by atoms with van der Waals surface area (Å²) in [7, 11) is 0. The first kappa shape index (κ1) is 14.8. The summed E-state index contributed by atoms with van der Waals surface area (Å²) in [6, 6.07) is 5.71. The lowest BCUT2D eigenvalue weighted by molar-refractivity contribution is -0.151. The second-order valence-electron chi connectivity index (χ2n) is 4.77. The molecule has 0 aliphatic carbocycles.